The van der Waals surface area contributed by atoms with Crippen LogP contribution >= 0.6 is 0 Å². The zero-order chi connectivity index (χ0) is 11.9. The lowest BCUT2D eigenvalue weighted by atomic mass is 9.83. The lowest BCUT2D eigenvalue weighted by Gasteiger charge is -2.40. The highest BCUT2D eigenvalue weighted by atomic mass is 19.1. The highest BCUT2D eigenvalue weighted by molar-refractivity contribution is 5.78. The molecule has 0 radical (unpaired) electrons. The largest absolute Gasteiger partial charge is 0.486 e. The third-order valence-electron chi connectivity index (χ3n) is 3.58. The van der Waals surface area contributed by atoms with E-state index >= 15 is 0 Å². The molecule has 0 aliphatic carbocycles. The van der Waals surface area contributed by atoms with Gasteiger partial charge in [-0.2, -0.15) is 0 Å². The van der Waals surface area contributed by atoms with Crippen LogP contribution in [0.2, 0.25) is 0 Å². The summed E-state index contributed by atoms with van der Waals surface area (Å²) in [6.07, 6.45) is 2.80. The Labute approximate surface area is 99.0 Å². The van der Waals surface area contributed by atoms with Gasteiger partial charge in [0.25, 0.3) is 0 Å². The van der Waals surface area contributed by atoms with Crippen molar-refractivity contribution in [2.24, 2.45) is 0 Å². The summed E-state index contributed by atoms with van der Waals surface area (Å²) in [6.45, 7) is 0.662. The minimum Gasteiger partial charge on any atom is -0.486 e. The van der Waals surface area contributed by atoms with Gasteiger partial charge in [-0.25, -0.2) is 4.39 Å². The van der Waals surface area contributed by atoms with E-state index in [1.54, 1.807) is 6.07 Å². The Morgan fingerprint density at radius 3 is 3.06 bits per heavy atom. The van der Waals surface area contributed by atoms with Gasteiger partial charge in [0.15, 0.2) is 0 Å². The number of ether oxygens (including phenoxy) is 1. The van der Waals surface area contributed by atoms with Crippen LogP contribution in [0.5, 0.6) is 5.75 Å². The Morgan fingerprint density at radius 1 is 1.35 bits per heavy atom. The van der Waals surface area contributed by atoms with E-state index in [0.29, 0.717) is 13.0 Å². The fraction of sp³-hybridized carbons (Fsp3) is 0.462. The minimum atomic E-state index is -0.368. The van der Waals surface area contributed by atoms with Crippen LogP contribution in [0.3, 0.4) is 0 Å². The number of benzene rings is 1. The number of piperidine rings is 1. The molecule has 1 saturated heterocycles. The van der Waals surface area contributed by atoms with Crippen LogP contribution in [0.15, 0.2) is 18.2 Å². The van der Waals surface area contributed by atoms with Gasteiger partial charge in [0.2, 0.25) is 5.91 Å². The van der Waals surface area contributed by atoms with Crippen molar-refractivity contribution in [3.8, 4) is 5.75 Å². The van der Waals surface area contributed by atoms with Crippen molar-refractivity contribution in [2.75, 3.05) is 6.54 Å². The van der Waals surface area contributed by atoms with Crippen LogP contribution in [0, 0.1) is 5.82 Å². The lowest BCUT2D eigenvalue weighted by molar-refractivity contribution is -0.129. The van der Waals surface area contributed by atoms with Crippen LogP contribution in [0.1, 0.15) is 24.8 Å². The van der Waals surface area contributed by atoms with Crippen molar-refractivity contribution >= 4 is 5.91 Å². The molecule has 1 amide bonds. The highest BCUT2D eigenvalue weighted by Gasteiger charge is 2.40. The molecule has 1 unspecified atom stereocenters. The summed E-state index contributed by atoms with van der Waals surface area (Å²) in [6, 6.07) is 4.59. The SMILES string of the molecule is O=C1CC2(CCN1)CCc1cc(F)ccc1O2. The lowest BCUT2D eigenvalue weighted by Crippen LogP contribution is -2.50. The maximum absolute atomic E-state index is 13.1. The van der Waals surface area contributed by atoms with Gasteiger partial charge in [-0.1, -0.05) is 0 Å². The molecule has 0 saturated carbocycles. The van der Waals surface area contributed by atoms with Gasteiger partial charge < -0.3 is 10.1 Å². The standard InChI is InChI=1S/C13H14FNO2/c14-10-1-2-11-9(7-10)3-4-13(17-11)5-6-15-12(16)8-13/h1-2,7H,3-6,8H2,(H,15,16). The number of amides is 1. The Hall–Kier alpha value is -1.58. The van der Waals surface area contributed by atoms with Gasteiger partial charge in [0.05, 0.1) is 6.42 Å². The Balaban J connectivity index is 1.89. The number of carbonyl (C=O) groups excluding carboxylic acids is 1. The summed E-state index contributed by atoms with van der Waals surface area (Å²) in [5.74, 6) is 0.541. The first-order valence-electron chi connectivity index (χ1n) is 5.91. The number of aryl methyl sites for hydroxylation is 1. The topological polar surface area (TPSA) is 38.3 Å². The summed E-state index contributed by atoms with van der Waals surface area (Å²) in [5, 5.41) is 2.81. The second-order valence-electron chi connectivity index (χ2n) is 4.81. The van der Waals surface area contributed by atoms with Crippen molar-refractivity contribution in [1.29, 1.82) is 0 Å². The molecule has 1 aromatic rings. The Morgan fingerprint density at radius 2 is 2.24 bits per heavy atom. The zero-order valence-corrected chi connectivity index (χ0v) is 9.46. The molecule has 0 aromatic heterocycles. The molecule has 90 valence electrons. The normalized spacial score (nSPS) is 27.2. The fourth-order valence-corrected chi connectivity index (χ4v) is 2.66. The second-order valence-corrected chi connectivity index (χ2v) is 4.81. The quantitative estimate of drug-likeness (QED) is 0.744. The number of rotatable bonds is 0. The molecular weight excluding hydrogens is 221 g/mol. The number of hydrogen-bond donors (Lipinski definition) is 1. The monoisotopic (exact) mass is 235 g/mol. The van der Waals surface area contributed by atoms with E-state index in [2.05, 4.69) is 5.32 Å². The molecule has 4 heteroatoms. The third kappa shape index (κ3) is 1.88. The van der Waals surface area contributed by atoms with E-state index in [-0.39, 0.29) is 17.3 Å². The maximum Gasteiger partial charge on any atom is 0.224 e. The van der Waals surface area contributed by atoms with E-state index in [4.69, 9.17) is 4.74 Å². The number of nitrogens with one attached hydrogen (secondary N) is 1. The molecular formula is C13H14FNO2. The summed E-state index contributed by atoms with van der Waals surface area (Å²) >= 11 is 0. The maximum atomic E-state index is 13.1. The molecule has 1 fully saturated rings. The summed E-state index contributed by atoms with van der Waals surface area (Å²) < 4.78 is 19.0. The first kappa shape index (κ1) is 10.6. The molecule has 2 heterocycles. The van der Waals surface area contributed by atoms with Gasteiger partial charge in [0.1, 0.15) is 17.2 Å². The van der Waals surface area contributed by atoms with Crippen molar-refractivity contribution < 1.29 is 13.9 Å². The van der Waals surface area contributed by atoms with Gasteiger partial charge in [-0.3, -0.25) is 4.79 Å². The Bertz CT molecular complexity index is 474. The number of hydrogen-bond acceptors (Lipinski definition) is 2. The zero-order valence-electron chi connectivity index (χ0n) is 9.46. The average molecular weight is 235 g/mol. The highest BCUT2D eigenvalue weighted by Crippen LogP contribution is 2.38. The van der Waals surface area contributed by atoms with E-state index in [9.17, 15) is 9.18 Å². The third-order valence-corrected chi connectivity index (χ3v) is 3.58. The molecule has 17 heavy (non-hydrogen) atoms. The van der Waals surface area contributed by atoms with E-state index < -0.39 is 0 Å². The minimum absolute atomic E-state index is 0.0433. The number of halogens is 1. The number of fused-ring (bicyclic) bond motifs is 1. The van der Waals surface area contributed by atoms with Gasteiger partial charge in [-0.05, 0) is 36.6 Å². The summed E-state index contributed by atoms with van der Waals surface area (Å²) in [5.41, 5.74) is 0.536. The second kappa shape index (κ2) is 3.72. The van der Waals surface area contributed by atoms with Crippen molar-refractivity contribution in [3.63, 3.8) is 0 Å². The van der Waals surface area contributed by atoms with Gasteiger partial charge in [0, 0.05) is 13.0 Å². The average Bonchev–Trinajstić information content (AvgIpc) is 2.30. The molecule has 1 N–H and O–H groups in total. The molecule has 2 aliphatic rings. The summed E-state index contributed by atoms with van der Waals surface area (Å²) in [4.78, 5) is 11.5. The van der Waals surface area contributed by atoms with Crippen LogP contribution in [-0.2, 0) is 11.2 Å². The fourth-order valence-electron chi connectivity index (χ4n) is 2.66. The van der Waals surface area contributed by atoms with E-state index in [1.807, 2.05) is 0 Å². The van der Waals surface area contributed by atoms with Crippen LogP contribution in [0.4, 0.5) is 4.39 Å². The molecule has 0 bridgehead atoms. The first-order chi connectivity index (χ1) is 8.17. The van der Waals surface area contributed by atoms with Gasteiger partial charge in [-0.15, -0.1) is 0 Å². The summed E-state index contributed by atoms with van der Waals surface area (Å²) in [7, 11) is 0. The van der Waals surface area contributed by atoms with Crippen LogP contribution < -0.4 is 10.1 Å². The predicted octanol–water partition coefficient (Wildman–Crippen LogP) is 1.80. The smallest absolute Gasteiger partial charge is 0.224 e. The van der Waals surface area contributed by atoms with Crippen LogP contribution in [0.25, 0.3) is 0 Å². The Kier molecular flexibility index (Phi) is 2.31. The molecule has 1 atom stereocenters. The van der Waals surface area contributed by atoms with Gasteiger partial charge >= 0.3 is 0 Å². The molecule has 1 spiro atoms. The molecule has 2 aliphatic heterocycles. The molecule has 3 rings (SSSR count). The first-order valence-corrected chi connectivity index (χ1v) is 5.91. The van der Waals surface area contributed by atoms with E-state index in [1.165, 1.54) is 12.1 Å². The predicted molar refractivity (Wildman–Crippen MR) is 60.3 cm³/mol. The number of carbonyl (C=O) groups is 1. The van der Waals surface area contributed by atoms with E-state index in [0.717, 1.165) is 30.6 Å². The van der Waals surface area contributed by atoms with Crippen molar-refractivity contribution in [1.82, 2.24) is 5.32 Å². The van der Waals surface area contributed by atoms with Crippen LogP contribution in [-0.4, -0.2) is 18.1 Å². The molecule has 1 aromatic carbocycles. The molecule has 3 nitrogen and oxygen atoms in total. The van der Waals surface area contributed by atoms with Crippen molar-refractivity contribution in [3.05, 3.63) is 29.6 Å². The van der Waals surface area contributed by atoms with Crippen molar-refractivity contribution in [2.45, 2.75) is 31.3 Å².